The van der Waals surface area contributed by atoms with E-state index in [0.717, 1.165) is 0 Å². The molecule has 0 heterocycles. The van der Waals surface area contributed by atoms with Crippen LogP contribution in [0.15, 0.2) is 0 Å². The Labute approximate surface area is 70.8 Å². The van der Waals surface area contributed by atoms with Gasteiger partial charge in [-0.05, 0) is 12.3 Å². The summed E-state index contributed by atoms with van der Waals surface area (Å²) in [4.78, 5) is 0. The van der Waals surface area contributed by atoms with Crippen LogP contribution in [-0.2, 0) is 0 Å². The molecule has 0 aliphatic carbocycles. The Morgan fingerprint density at radius 3 is 2.10 bits per heavy atom. The lowest BCUT2D eigenvalue weighted by molar-refractivity contribution is 0.450. The first kappa shape index (κ1) is 12.9. The van der Waals surface area contributed by atoms with Gasteiger partial charge in [-0.25, -0.2) is 0 Å². The van der Waals surface area contributed by atoms with Crippen LogP contribution in [0.2, 0.25) is 0 Å². The van der Waals surface area contributed by atoms with Gasteiger partial charge in [-0.1, -0.05) is 33.6 Å². The smallest absolute Gasteiger partial charge is 0.00618 e. The minimum Gasteiger partial charge on any atom is -0.327 e. The molecule has 0 bridgehead atoms. The highest BCUT2D eigenvalue weighted by Gasteiger charge is 2.04. The molecule has 0 spiro atoms. The summed E-state index contributed by atoms with van der Waals surface area (Å²) in [6.45, 7) is 6.56. The first-order valence-electron chi connectivity index (χ1n) is 3.94. The molecule has 0 saturated carbocycles. The van der Waals surface area contributed by atoms with Gasteiger partial charge in [-0.2, -0.15) is 0 Å². The lowest BCUT2D eigenvalue weighted by Gasteiger charge is -2.13. The molecule has 0 aliphatic heterocycles. The largest absolute Gasteiger partial charge is 0.327 e. The molecular formula is C8H20ClN. The molecule has 0 saturated heterocycles. The Kier molecular flexibility index (Phi) is 9.48. The van der Waals surface area contributed by atoms with E-state index in [-0.39, 0.29) is 12.4 Å². The normalized spacial score (nSPS) is 12.9. The molecule has 1 nitrogen and oxygen atoms in total. The van der Waals surface area contributed by atoms with Gasteiger partial charge in [0, 0.05) is 6.04 Å². The highest BCUT2D eigenvalue weighted by molar-refractivity contribution is 5.85. The standard InChI is InChI=1S/C8H19N.ClH/c1-4-5-6-8(9)7(2)3;/h7-8H,4-6,9H2,1-3H3;1H. The molecule has 64 valence electrons. The van der Waals surface area contributed by atoms with Crippen LogP contribution in [0.3, 0.4) is 0 Å². The van der Waals surface area contributed by atoms with Crippen molar-refractivity contribution in [3.8, 4) is 0 Å². The lowest BCUT2D eigenvalue weighted by Crippen LogP contribution is -2.25. The van der Waals surface area contributed by atoms with Gasteiger partial charge in [0.05, 0.1) is 0 Å². The van der Waals surface area contributed by atoms with Crippen LogP contribution < -0.4 is 5.73 Å². The van der Waals surface area contributed by atoms with Crippen LogP contribution in [0, 0.1) is 5.92 Å². The number of hydrogen-bond acceptors (Lipinski definition) is 1. The van der Waals surface area contributed by atoms with E-state index in [0.29, 0.717) is 12.0 Å². The molecule has 0 aromatic heterocycles. The average Bonchev–Trinajstić information content (AvgIpc) is 1.82. The molecule has 0 rings (SSSR count). The third-order valence-corrected chi connectivity index (χ3v) is 1.75. The molecule has 0 aromatic carbocycles. The molecule has 0 aliphatic rings. The summed E-state index contributed by atoms with van der Waals surface area (Å²) in [6.07, 6.45) is 3.73. The van der Waals surface area contributed by atoms with Crippen molar-refractivity contribution in [2.45, 2.75) is 46.1 Å². The zero-order valence-corrected chi connectivity index (χ0v) is 8.08. The number of rotatable bonds is 4. The highest BCUT2D eigenvalue weighted by Crippen LogP contribution is 2.06. The van der Waals surface area contributed by atoms with Gasteiger partial charge >= 0.3 is 0 Å². The van der Waals surface area contributed by atoms with Crippen LogP contribution in [0.4, 0.5) is 0 Å². The summed E-state index contributed by atoms with van der Waals surface area (Å²) in [5.74, 6) is 0.650. The van der Waals surface area contributed by atoms with Crippen molar-refractivity contribution in [1.82, 2.24) is 0 Å². The third-order valence-electron chi connectivity index (χ3n) is 1.75. The topological polar surface area (TPSA) is 26.0 Å². The van der Waals surface area contributed by atoms with Gasteiger partial charge in [-0.15, -0.1) is 12.4 Å². The SMILES string of the molecule is CCCCC(N)C(C)C.Cl. The third kappa shape index (κ3) is 6.37. The maximum Gasteiger partial charge on any atom is 0.00618 e. The summed E-state index contributed by atoms with van der Waals surface area (Å²) in [6, 6.07) is 0.421. The van der Waals surface area contributed by atoms with E-state index in [4.69, 9.17) is 5.73 Å². The molecule has 0 aromatic rings. The number of halogens is 1. The predicted molar refractivity (Wildman–Crippen MR) is 49.6 cm³/mol. The van der Waals surface area contributed by atoms with Crippen molar-refractivity contribution in [1.29, 1.82) is 0 Å². The minimum atomic E-state index is 0. The predicted octanol–water partition coefficient (Wildman–Crippen LogP) is 2.58. The summed E-state index contributed by atoms with van der Waals surface area (Å²) < 4.78 is 0. The van der Waals surface area contributed by atoms with Gasteiger partial charge in [0.25, 0.3) is 0 Å². The summed E-state index contributed by atoms with van der Waals surface area (Å²) in [5, 5.41) is 0. The summed E-state index contributed by atoms with van der Waals surface area (Å²) >= 11 is 0. The van der Waals surface area contributed by atoms with E-state index in [1.54, 1.807) is 0 Å². The number of nitrogens with two attached hydrogens (primary N) is 1. The molecule has 0 radical (unpaired) electrons. The molecule has 0 fully saturated rings. The van der Waals surface area contributed by atoms with Crippen LogP contribution in [0.5, 0.6) is 0 Å². The number of unbranched alkanes of at least 4 members (excludes halogenated alkanes) is 1. The first-order chi connectivity index (χ1) is 4.18. The van der Waals surface area contributed by atoms with Gasteiger partial charge in [-0.3, -0.25) is 0 Å². The fourth-order valence-corrected chi connectivity index (χ4v) is 0.773. The van der Waals surface area contributed by atoms with Crippen LogP contribution in [0.1, 0.15) is 40.0 Å². The Balaban J connectivity index is 0. The zero-order chi connectivity index (χ0) is 7.28. The molecule has 2 N–H and O–H groups in total. The molecule has 2 heteroatoms. The van der Waals surface area contributed by atoms with Crippen molar-refractivity contribution in [2.24, 2.45) is 11.7 Å². The van der Waals surface area contributed by atoms with Crippen molar-refractivity contribution in [2.75, 3.05) is 0 Å². The highest BCUT2D eigenvalue weighted by atomic mass is 35.5. The minimum absolute atomic E-state index is 0. The van der Waals surface area contributed by atoms with Crippen LogP contribution >= 0.6 is 12.4 Å². The average molecular weight is 166 g/mol. The zero-order valence-electron chi connectivity index (χ0n) is 7.26. The fraction of sp³-hybridized carbons (Fsp3) is 1.00. The van der Waals surface area contributed by atoms with E-state index in [9.17, 15) is 0 Å². The van der Waals surface area contributed by atoms with Crippen LogP contribution in [-0.4, -0.2) is 6.04 Å². The van der Waals surface area contributed by atoms with Gasteiger partial charge < -0.3 is 5.73 Å². The molecule has 10 heavy (non-hydrogen) atoms. The second-order valence-corrected chi connectivity index (χ2v) is 3.05. The maximum atomic E-state index is 5.80. The second-order valence-electron chi connectivity index (χ2n) is 3.05. The van der Waals surface area contributed by atoms with Gasteiger partial charge in [0.15, 0.2) is 0 Å². The van der Waals surface area contributed by atoms with Crippen molar-refractivity contribution >= 4 is 12.4 Å². The second kappa shape index (κ2) is 7.36. The van der Waals surface area contributed by atoms with Crippen LogP contribution in [0.25, 0.3) is 0 Å². The van der Waals surface area contributed by atoms with Crippen molar-refractivity contribution in [3.05, 3.63) is 0 Å². The molecule has 1 unspecified atom stereocenters. The molecular weight excluding hydrogens is 146 g/mol. The quantitative estimate of drug-likeness (QED) is 0.681. The van der Waals surface area contributed by atoms with E-state index in [2.05, 4.69) is 20.8 Å². The van der Waals surface area contributed by atoms with E-state index in [1.807, 2.05) is 0 Å². The monoisotopic (exact) mass is 165 g/mol. The Morgan fingerprint density at radius 2 is 1.80 bits per heavy atom. The van der Waals surface area contributed by atoms with Gasteiger partial charge in [0.1, 0.15) is 0 Å². The van der Waals surface area contributed by atoms with E-state index in [1.165, 1.54) is 19.3 Å². The Morgan fingerprint density at radius 1 is 1.30 bits per heavy atom. The van der Waals surface area contributed by atoms with Crippen molar-refractivity contribution < 1.29 is 0 Å². The molecule has 0 amide bonds. The molecule has 1 atom stereocenters. The summed E-state index contributed by atoms with van der Waals surface area (Å²) in [7, 11) is 0. The fourth-order valence-electron chi connectivity index (χ4n) is 0.773. The Bertz CT molecular complexity index is 64.3. The van der Waals surface area contributed by atoms with Gasteiger partial charge in [0.2, 0.25) is 0 Å². The van der Waals surface area contributed by atoms with E-state index < -0.39 is 0 Å². The van der Waals surface area contributed by atoms with Crippen molar-refractivity contribution in [3.63, 3.8) is 0 Å². The summed E-state index contributed by atoms with van der Waals surface area (Å²) in [5.41, 5.74) is 5.80. The first-order valence-corrected chi connectivity index (χ1v) is 3.94. The Hall–Kier alpha value is 0.250. The number of hydrogen-bond donors (Lipinski definition) is 1. The lowest BCUT2D eigenvalue weighted by atomic mass is 10.00. The van der Waals surface area contributed by atoms with E-state index >= 15 is 0 Å². The maximum absolute atomic E-state index is 5.80.